The van der Waals surface area contributed by atoms with Crippen molar-refractivity contribution in [3.05, 3.63) is 17.5 Å². The van der Waals surface area contributed by atoms with Crippen LogP contribution in [0.5, 0.6) is 0 Å². The van der Waals surface area contributed by atoms with Crippen molar-refractivity contribution in [2.45, 2.75) is 52.5 Å². The van der Waals surface area contributed by atoms with Crippen molar-refractivity contribution in [3.8, 4) is 0 Å². The third kappa shape index (κ3) is 1.96. The summed E-state index contributed by atoms with van der Waals surface area (Å²) in [5, 5.41) is 13.5. The average molecular weight is 224 g/mol. The number of hydrogen-bond acceptors (Lipinski definition) is 2. The Labute approximate surface area is 96.3 Å². The fraction of sp³-hybridized carbons (Fsp3) is 0.667. The Hall–Kier alpha value is -1.32. The summed E-state index contributed by atoms with van der Waals surface area (Å²) in [6.45, 7) is 10.3. The Kier molecular flexibility index (Phi) is 3.41. The fourth-order valence-corrected chi connectivity index (χ4v) is 1.85. The van der Waals surface area contributed by atoms with E-state index in [2.05, 4.69) is 18.9 Å². The van der Waals surface area contributed by atoms with Crippen LogP contribution in [0.4, 0.5) is 0 Å². The number of carboxylic acids is 1. The number of aryl methyl sites for hydroxylation is 1. The average Bonchev–Trinajstić information content (AvgIpc) is 2.60. The molecule has 0 bridgehead atoms. The molecule has 1 rings (SSSR count). The highest BCUT2D eigenvalue weighted by Crippen LogP contribution is 2.31. The van der Waals surface area contributed by atoms with E-state index in [1.807, 2.05) is 11.6 Å². The van der Waals surface area contributed by atoms with Crippen LogP contribution in [-0.2, 0) is 16.8 Å². The molecule has 90 valence electrons. The molecule has 1 aromatic heterocycles. The second kappa shape index (κ2) is 4.28. The third-order valence-electron chi connectivity index (χ3n) is 2.93. The first-order valence-electron chi connectivity index (χ1n) is 5.61. The van der Waals surface area contributed by atoms with Crippen LogP contribution in [-0.4, -0.2) is 20.9 Å². The highest BCUT2D eigenvalue weighted by atomic mass is 16.4. The van der Waals surface area contributed by atoms with Gasteiger partial charge in [-0.25, -0.2) is 0 Å². The van der Waals surface area contributed by atoms with E-state index in [1.165, 1.54) is 0 Å². The van der Waals surface area contributed by atoms with E-state index in [0.717, 1.165) is 17.8 Å². The van der Waals surface area contributed by atoms with Crippen LogP contribution >= 0.6 is 0 Å². The normalized spacial score (nSPS) is 12.1. The number of nitrogens with zero attached hydrogens (tertiary/aromatic N) is 2. The van der Waals surface area contributed by atoms with Crippen LogP contribution < -0.4 is 0 Å². The van der Waals surface area contributed by atoms with E-state index in [9.17, 15) is 9.90 Å². The van der Waals surface area contributed by atoms with E-state index in [0.29, 0.717) is 0 Å². The molecule has 1 N–H and O–H groups in total. The van der Waals surface area contributed by atoms with Crippen LogP contribution in [0, 0.1) is 0 Å². The Morgan fingerprint density at radius 3 is 2.50 bits per heavy atom. The predicted octanol–water partition coefficient (Wildman–Crippen LogP) is 2.39. The molecule has 0 radical (unpaired) electrons. The molecular weight excluding hydrogens is 204 g/mol. The zero-order valence-electron chi connectivity index (χ0n) is 10.6. The van der Waals surface area contributed by atoms with E-state index >= 15 is 0 Å². The lowest BCUT2D eigenvalue weighted by Gasteiger charge is -2.21. The van der Waals surface area contributed by atoms with Gasteiger partial charge in [0.1, 0.15) is 0 Å². The second-order valence-corrected chi connectivity index (χ2v) is 4.84. The lowest BCUT2D eigenvalue weighted by atomic mass is 9.83. The van der Waals surface area contributed by atoms with Gasteiger partial charge in [0.15, 0.2) is 0 Å². The maximum atomic E-state index is 11.3. The van der Waals surface area contributed by atoms with Gasteiger partial charge in [0.25, 0.3) is 0 Å². The van der Waals surface area contributed by atoms with Gasteiger partial charge in [-0.2, -0.15) is 5.10 Å². The molecule has 0 fully saturated rings. The van der Waals surface area contributed by atoms with Gasteiger partial charge in [-0.05, 0) is 26.7 Å². The molecule has 4 heteroatoms. The maximum Gasteiger partial charge on any atom is 0.313 e. The van der Waals surface area contributed by atoms with E-state index < -0.39 is 11.4 Å². The minimum atomic E-state index is -0.882. The van der Waals surface area contributed by atoms with Gasteiger partial charge in [-0.3, -0.25) is 9.48 Å². The van der Waals surface area contributed by atoms with Gasteiger partial charge in [0.05, 0.1) is 11.6 Å². The van der Waals surface area contributed by atoms with Crippen molar-refractivity contribution in [1.29, 1.82) is 0 Å². The van der Waals surface area contributed by atoms with Crippen LogP contribution in [0.1, 0.15) is 51.8 Å². The van der Waals surface area contributed by atoms with Crippen LogP contribution in [0.25, 0.3) is 0 Å². The van der Waals surface area contributed by atoms with Gasteiger partial charge < -0.3 is 5.11 Å². The predicted molar refractivity (Wildman–Crippen MR) is 62.7 cm³/mol. The number of carboxylic acid groups (broad SMARTS) is 1. The minimum Gasteiger partial charge on any atom is -0.481 e. The molecule has 1 aromatic rings. The van der Waals surface area contributed by atoms with E-state index in [1.54, 1.807) is 20.0 Å². The topological polar surface area (TPSA) is 55.1 Å². The number of rotatable bonds is 4. The lowest BCUT2D eigenvalue weighted by molar-refractivity contribution is -0.142. The molecule has 0 saturated carbocycles. The van der Waals surface area contributed by atoms with Crippen molar-refractivity contribution in [1.82, 2.24) is 9.78 Å². The Bertz CT molecular complexity index is 392. The summed E-state index contributed by atoms with van der Waals surface area (Å²) in [5.41, 5.74) is 0.958. The first-order chi connectivity index (χ1) is 7.32. The summed E-state index contributed by atoms with van der Waals surface area (Å²) < 4.78 is 1.88. The zero-order chi connectivity index (χ0) is 12.5. The number of aromatic nitrogens is 2. The Morgan fingerprint density at radius 2 is 2.12 bits per heavy atom. The summed E-state index contributed by atoms with van der Waals surface area (Å²) in [4.78, 5) is 11.3. The molecule has 1 heterocycles. The first kappa shape index (κ1) is 12.7. The summed E-state index contributed by atoms with van der Waals surface area (Å²) >= 11 is 0. The fourth-order valence-electron chi connectivity index (χ4n) is 1.85. The minimum absolute atomic E-state index is 0.274. The Balaban J connectivity index is 3.35. The smallest absolute Gasteiger partial charge is 0.313 e. The Morgan fingerprint density at radius 1 is 1.56 bits per heavy atom. The highest BCUT2D eigenvalue weighted by Gasteiger charge is 2.34. The quantitative estimate of drug-likeness (QED) is 0.854. The van der Waals surface area contributed by atoms with Gasteiger partial charge >= 0.3 is 5.97 Å². The molecule has 0 spiro atoms. The monoisotopic (exact) mass is 224 g/mol. The van der Waals surface area contributed by atoms with Crippen molar-refractivity contribution in [2.75, 3.05) is 0 Å². The van der Waals surface area contributed by atoms with Crippen molar-refractivity contribution in [3.63, 3.8) is 0 Å². The maximum absolute atomic E-state index is 11.3. The van der Waals surface area contributed by atoms with Gasteiger partial charge in [0, 0.05) is 17.8 Å². The molecule has 16 heavy (non-hydrogen) atoms. The van der Waals surface area contributed by atoms with Crippen LogP contribution in [0.3, 0.4) is 0 Å². The summed E-state index contributed by atoms with van der Waals surface area (Å²) in [6, 6.07) is 0. The molecule has 0 unspecified atom stereocenters. The third-order valence-corrected chi connectivity index (χ3v) is 2.93. The molecule has 0 aromatic carbocycles. The van der Waals surface area contributed by atoms with Crippen molar-refractivity contribution < 1.29 is 9.90 Å². The van der Waals surface area contributed by atoms with E-state index in [4.69, 9.17) is 0 Å². The summed E-state index contributed by atoms with van der Waals surface area (Å²) in [5.74, 6) is -0.541. The SMILES string of the molecule is CCn1ncc(C(C)(C)C(=O)O)c1C(C)C. The van der Waals surface area contributed by atoms with Crippen LogP contribution in [0.2, 0.25) is 0 Å². The van der Waals surface area contributed by atoms with Gasteiger partial charge in [-0.1, -0.05) is 13.8 Å². The number of hydrogen-bond donors (Lipinski definition) is 1. The zero-order valence-corrected chi connectivity index (χ0v) is 10.6. The van der Waals surface area contributed by atoms with Crippen molar-refractivity contribution in [2.24, 2.45) is 0 Å². The van der Waals surface area contributed by atoms with E-state index in [-0.39, 0.29) is 5.92 Å². The standard InChI is InChI=1S/C12H20N2O2/c1-6-14-10(8(2)3)9(7-13-14)12(4,5)11(15)16/h7-8H,6H2,1-5H3,(H,15,16). The van der Waals surface area contributed by atoms with Crippen LogP contribution in [0.15, 0.2) is 6.20 Å². The molecule has 0 aliphatic carbocycles. The molecule has 0 aliphatic heterocycles. The number of aliphatic carboxylic acids is 1. The molecule has 0 saturated heterocycles. The van der Waals surface area contributed by atoms with Gasteiger partial charge in [-0.15, -0.1) is 0 Å². The number of carbonyl (C=O) groups is 1. The molecule has 0 amide bonds. The first-order valence-corrected chi connectivity index (χ1v) is 5.61. The summed E-state index contributed by atoms with van der Waals surface area (Å²) in [6.07, 6.45) is 1.69. The molecule has 0 atom stereocenters. The largest absolute Gasteiger partial charge is 0.481 e. The highest BCUT2D eigenvalue weighted by molar-refractivity contribution is 5.80. The van der Waals surface area contributed by atoms with Crippen molar-refractivity contribution >= 4 is 5.97 Å². The second-order valence-electron chi connectivity index (χ2n) is 4.84. The molecule has 0 aliphatic rings. The summed E-state index contributed by atoms with van der Waals surface area (Å²) in [7, 11) is 0. The molecular formula is C12H20N2O2. The molecule has 4 nitrogen and oxygen atoms in total. The van der Waals surface area contributed by atoms with Gasteiger partial charge in [0.2, 0.25) is 0 Å². The lowest BCUT2D eigenvalue weighted by Crippen LogP contribution is -2.29.